The lowest BCUT2D eigenvalue weighted by molar-refractivity contribution is -0.122. The van der Waals surface area contributed by atoms with E-state index in [4.69, 9.17) is 4.74 Å². The fourth-order valence-electron chi connectivity index (χ4n) is 4.25. The molecule has 9 nitrogen and oxygen atoms in total. The highest BCUT2D eigenvalue weighted by Gasteiger charge is 2.27. The van der Waals surface area contributed by atoms with E-state index >= 15 is 0 Å². The van der Waals surface area contributed by atoms with Gasteiger partial charge in [0.25, 0.3) is 17.4 Å². The van der Waals surface area contributed by atoms with E-state index < -0.39 is 17.7 Å². The molecule has 188 valence electrons. The summed E-state index contributed by atoms with van der Waals surface area (Å²) >= 11 is 1.14. The minimum atomic E-state index is -0.870. The number of Topliss-reactive ketones (excluding diaryl/α,β-unsaturated/α-hetero) is 1. The molecule has 4 aromatic rings. The Bertz CT molecular complexity index is 1650. The number of anilines is 2. The number of hydrogen-bond acceptors (Lipinski definition) is 7. The molecule has 5 rings (SSSR count). The van der Waals surface area contributed by atoms with Crippen molar-refractivity contribution in [3.8, 4) is 5.75 Å². The van der Waals surface area contributed by atoms with Gasteiger partial charge in [-0.1, -0.05) is 18.2 Å². The van der Waals surface area contributed by atoms with Crippen molar-refractivity contribution in [3.05, 3.63) is 80.7 Å². The maximum Gasteiger partial charge on any atom is 0.266 e. The lowest BCUT2D eigenvalue weighted by Gasteiger charge is -2.24. The van der Waals surface area contributed by atoms with Gasteiger partial charge in [-0.2, -0.15) is 0 Å². The first-order chi connectivity index (χ1) is 17.7. The standard InChI is InChI=1S/C27H24N4O5S/c1-13-7-5-6-8-18(13)29-25(34)23-14(2)21-26(37-23)28-12-31(27(21)35)15(3)22(32)17-9-10-20-19(11-17)30-24(33)16(4)36-20/h5-12,15-16H,1-4H3,(H,29,34)(H,30,33). The Labute approximate surface area is 216 Å². The van der Waals surface area contributed by atoms with Crippen molar-refractivity contribution in [1.82, 2.24) is 9.55 Å². The van der Waals surface area contributed by atoms with Crippen molar-refractivity contribution in [3.63, 3.8) is 0 Å². The third-order valence-corrected chi connectivity index (χ3v) is 7.67. The fourth-order valence-corrected chi connectivity index (χ4v) is 5.29. The Kier molecular flexibility index (Phi) is 6.12. The van der Waals surface area contributed by atoms with Crippen LogP contribution in [0.5, 0.6) is 5.75 Å². The van der Waals surface area contributed by atoms with Gasteiger partial charge in [0, 0.05) is 11.3 Å². The summed E-state index contributed by atoms with van der Waals surface area (Å²) in [4.78, 5) is 56.9. The van der Waals surface area contributed by atoms with Crippen LogP contribution in [0.1, 0.15) is 51.0 Å². The van der Waals surface area contributed by atoms with Crippen molar-refractivity contribution in [2.45, 2.75) is 39.8 Å². The van der Waals surface area contributed by atoms with Gasteiger partial charge in [0.2, 0.25) is 0 Å². The van der Waals surface area contributed by atoms with E-state index in [-0.39, 0.29) is 17.6 Å². The van der Waals surface area contributed by atoms with Gasteiger partial charge in [0.1, 0.15) is 10.6 Å². The summed E-state index contributed by atoms with van der Waals surface area (Å²) in [6.07, 6.45) is 0.707. The number of rotatable bonds is 5. The van der Waals surface area contributed by atoms with Gasteiger partial charge < -0.3 is 15.4 Å². The third kappa shape index (κ3) is 4.29. The molecule has 2 aromatic heterocycles. The number of hydrogen-bond donors (Lipinski definition) is 2. The molecule has 3 heterocycles. The minimum absolute atomic E-state index is 0.300. The van der Waals surface area contributed by atoms with Crippen molar-refractivity contribution in [1.29, 1.82) is 0 Å². The number of benzene rings is 2. The summed E-state index contributed by atoms with van der Waals surface area (Å²) in [5.41, 5.74) is 2.44. The van der Waals surface area contributed by atoms with Gasteiger partial charge in [0.15, 0.2) is 11.9 Å². The Morgan fingerprint density at radius 3 is 2.68 bits per heavy atom. The molecule has 0 bridgehead atoms. The normalized spacial score (nSPS) is 15.5. The summed E-state index contributed by atoms with van der Waals surface area (Å²) in [5.74, 6) is -0.477. The minimum Gasteiger partial charge on any atom is -0.479 e. The molecular formula is C27H24N4O5S. The van der Waals surface area contributed by atoms with Crippen molar-refractivity contribution in [2.24, 2.45) is 0 Å². The highest BCUT2D eigenvalue weighted by Crippen LogP contribution is 2.32. The summed E-state index contributed by atoms with van der Waals surface area (Å²) in [6, 6.07) is 11.3. The first kappa shape index (κ1) is 24.4. The predicted octanol–water partition coefficient (Wildman–Crippen LogP) is 4.49. The van der Waals surface area contributed by atoms with E-state index in [9.17, 15) is 19.2 Å². The molecule has 0 fully saturated rings. The van der Waals surface area contributed by atoms with Gasteiger partial charge in [-0.15, -0.1) is 11.3 Å². The SMILES string of the molecule is Cc1ccccc1NC(=O)c1sc2ncn(C(C)C(=O)c3ccc4c(c3)NC(=O)C(C)O4)c(=O)c2c1C. The van der Waals surface area contributed by atoms with Crippen LogP contribution in [0.2, 0.25) is 0 Å². The molecule has 2 amide bonds. The Morgan fingerprint density at radius 1 is 1.16 bits per heavy atom. The average Bonchev–Trinajstić information content (AvgIpc) is 3.22. The summed E-state index contributed by atoms with van der Waals surface area (Å²) < 4.78 is 6.82. The van der Waals surface area contributed by atoms with E-state index in [1.807, 2.05) is 31.2 Å². The lowest BCUT2D eigenvalue weighted by Crippen LogP contribution is -2.34. The number of para-hydroxylation sites is 1. The zero-order valence-corrected chi connectivity index (χ0v) is 21.4. The van der Waals surface area contributed by atoms with Crippen LogP contribution in [0.25, 0.3) is 10.2 Å². The van der Waals surface area contributed by atoms with Crippen molar-refractivity contribution < 1.29 is 19.1 Å². The molecule has 0 radical (unpaired) electrons. The summed E-state index contributed by atoms with van der Waals surface area (Å²) in [5, 5.41) is 5.93. The van der Waals surface area contributed by atoms with Crippen LogP contribution < -0.4 is 20.9 Å². The summed E-state index contributed by atoms with van der Waals surface area (Å²) in [6.45, 7) is 6.86. The Balaban J connectivity index is 1.46. The van der Waals surface area contributed by atoms with Crippen LogP contribution in [0.4, 0.5) is 11.4 Å². The largest absolute Gasteiger partial charge is 0.479 e. The van der Waals surface area contributed by atoms with Gasteiger partial charge >= 0.3 is 0 Å². The first-order valence-corrected chi connectivity index (χ1v) is 12.5. The van der Waals surface area contributed by atoms with Gasteiger partial charge in [0.05, 0.1) is 28.3 Å². The van der Waals surface area contributed by atoms with Crippen LogP contribution >= 0.6 is 11.3 Å². The molecule has 1 aliphatic rings. The molecule has 37 heavy (non-hydrogen) atoms. The molecule has 2 aromatic carbocycles. The van der Waals surface area contributed by atoms with Crippen LogP contribution in [0.15, 0.2) is 53.6 Å². The van der Waals surface area contributed by atoms with Gasteiger partial charge in [-0.05, 0) is 63.1 Å². The smallest absolute Gasteiger partial charge is 0.266 e. The average molecular weight is 517 g/mol. The lowest BCUT2D eigenvalue weighted by atomic mass is 10.0. The van der Waals surface area contributed by atoms with E-state index in [0.717, 1.165) is 16.9 Å². The molecule has 2 atom stereocenters. The maximum absolute atomic E-state index is 13.5. The number of amides is 2. The topological polar surface area (TPSA) is 119 Å². The number of aryl methyl sites for hydroxylation is 2. The first-order valence-electron chi connectivity index (χ1n) is 11.7. The number of nitrogens with one attached hydrogen (secondary N) is 2. The second-order valence-corrected chi connectivity index (χ2v) is 9.96. The molecule has 2 unspecified atom stereocenters. The number of thiophene rings is 1. The molecule has 10 heteroatoms. The van der Waals surface area contributed by atoms with Crippen molar-refractivity contribution >= 4 is 50.5 Å². The fraction of sp³-hybridized carbons (Fsp3) is 0.222. The van der Waals surface area contributed by atoms with Crippen LogP contribution in [0.3, 0.4) is 0 Å². The Morgan fingerprint density at radius 2 is 1.92 bits per heavy atom. The second-order valence-electron chi connectivity index (χ2n) is 8.96. The summed E-state index contributed by atoms with van der Waals surface area (Å²) in [7, 11) is 0. The van der Waals surface area contributed by atoms with Crippen molar-refractivity contribution in [2.75, 3.05) is 10.6 Å². The molecule has 2 N–H and O–H groups in total. The predicted molar refractivity (Wildman–Crippen MR) is 142 cm³/mol. The highest BCUT2D eigenvalue weighted by atomic mass is 32.1. The number of aromatic nitrogens is 2. The number of ether oxygens (including phenoxy) is 1. The number of fused-ring (bicyclic) bond motifs is 2. The van der Waals surface area contributed by atoms with E-state index in [1.54, 1.807) is 39.0 Å². The van der Waals surface area contributed by atoms with Crippen LogP contribution in [0, 0.1) is 13.8 Å². The van der Waals surface area contributed by atoms with Gasteiger partial charge in [-0.25, -0.2) is 4.98 Å². The third-order valence-electron chi connectivity index (χ3n) is 6.47. The zero-order valence-electron chi connectivity index (χ0n) is 20.6. The molecule has 0 aliphatic carbocycles. The van der Waals surface area contributed by atoms with Crippen LogP contribution in [-0.4, -0.2) is 33.3 Å². The molecule has 1 aliphatic heterocycles. The molecule has 0 saturated heterocycles. The quantitative estimate of drug-likeness (QED) is 0.377. The number of carbonyl (C=O) groups excluding carboxylic acids is 3. The zero-order chi connectivity index (χ0) is 26.4. The molecular weight excluding hydrogens is 492 g/mol. The molecule has 0 spiro atoms. The second kappa shape index (κ2) is 9.29. The monoisotopic (exact) mass is 516 g/mol. The van der Waals surface area contributed by atoms with E-state index in [0.29, 0.717) is 43.3 Å². The number of carbonyl (C=O) groups is 3. The van der Waals surface area contributed by atoms with Crippen LogP contribution in [-0.2, 0) is 4.79 Å². The van der Waals surface area contributed by atoms with E-state index in [1.165, 1.54) is 10.9 Å². The number of ketones is 1. The maximum atomic E-state index is 13.5. The van der Waals surface area contributed by atoms with E-state index in [2.05, 4.69) is 15.6 Å². The van der Waals surface area contributed by atoms with Gasteiger partial charge in [-0.3, -0.25) is 23.7 Å². The highest BCUT2D eigenvalue weighted by molar-refractivity contribution is 7.20. The Hall–Kier alpha value is -4.31. The number of nitrogens with zero attached hydrogens (tertiary/aromatic N) is 2. The molecule has 0 saturated carbocycles.